The van der Waals surface area contributed by atoms with Crippen LogP contribution in [0.3, 0.4) is 0 Å². The van der Waals surface area contributed by atoms with E-state index in [1.54, 1.807) is 10.6 Å². The van der Waals surface area contributed by atoms with Gasteiger partial charge in [0.15, 0.2) is 5.65 Å². The Hall–Kier alpha value is -2.93. The van der Waals surface area contributed by atoms with Gasteiger partial charge >= 0.3 is 0 Å². The van der Waals surface area contributed by atoms with Crippen molar-refractivity contribution in [2.45, 2.75) is 45.4 Å². The molecule has 0 atom stereocenters. The molecule has 1 N–H and O–H groups in total. The first kappa shape index (κ1) is 19.1. The fraction of sp³-hybridized carbons (Fsp3) is 0.391. The topological polar surface area (TPSA) is 68.0 Å². The highest BCUT2D eigenvalue weighted by Crippen LogP contribution is 2.31. The van der Waals surface area contributed by atoms with Crippen molar-refractivity contribution in [2.24, 2.45) is 0 Å². The molecule has 4 aromatic rings. The minimum absolute atomic E-state index is 0.272. The minimum Gasteiger partial charge on any atom is -0.317 e. The van der Waals surface area contributed by atoms with E-state index in [4.69, 9.17) is 0 Å². The van der Waals surface area contributed by atoms with Crippen LogP contribution in [-0.2, 0) is 0 Å². The molecule has 7 heteroatoms. The average Bonchev–Trinajstić information content (AvgIpc) is 3.13. The van der Waals surface area contributed by atoms with E-state index in [1.807, 2.05) is 31.3 Å². The standard InChI is InChI=1S/C23H25FN6/c1-13(2)17-10-21(29-30-12-14(3)26-23(17)30)16-8-19(24)18-11-20(27-28-22(18)9-16)15-4-6-25-7-5-15/h8-13,15,25H,4-7H2,1-3H3. The van der Waals surface area contributed by atoms with Crippen molar-refractivity contribution in [2.75, 3.05) is 13.1 Å². The first-order chi connectivity index (χ1) is 14.5. The summed E-state index contributed by atoms with van der Waals surface area (Å²) in [6.45, 7) is 8.12. The Bertz CT molecular complexity index is 1240. The Morgan fingerprint density at radius 3 is 2.67 bits per heavy atom. The van der Waals surface area contributed by atoms with Crippen molar-refractivity contribution in [1.29, 1.82) is 0 Å². The monoisotopic (exact) mass is 404 g/mol. The summed E-state index contributed by atoms with van der Waals surface area (Å²) in [5.41, 5.74) is 5.67. The van der Waals surface area contributed by atoms with Gasteiger partial charge in [0.05, 0.1) is 28.8 Å². The third-order valence-corrected chi connectivity index (χ3v) is 5.92. The highest BCUT2D eigenvalue weighted by molar-refractivity contribution is 5.84. The number of benzene rings is 1. The molecule has 154 valence electrons. The second-order valence-corrected chi connectivity index (χ2v) is 8.47. The Labute approximate surface area is 174 Å². The molecule has 30 heavy (non-hydrogen) atoms. The van der Waals surface area contributed by atoms with Gasteiger partial charge < -0.3 is 5.32 Å². The van der Waals surface area contributed by atoms with Gasteiger partial charge in [0, 0.05) is 22.4 Å². The lowest BCUT2D eigenvalue weighted by atomic mass is 9.93. The third kappa shape index (κ3) is 3.33. The van der Waals surface area contributed by atoms with Gasteiger partial charge in [0.2, 0.25) is 0 Å². The van der Waals surface area contributed by atoms with Gasteiger partial charge in [-0.1, -0.05) is 13.8 Å². The molecule has 3 aromatic heterocycles. The molecule has 5 rings (SSSR count). The second kappa shape index (κ2) is 7.40. The van der Waals surface area contributed by atoms with Crippen molar-refractivity contribution in [3.63, 3.8) is 0 Å². The van der Waals surface area contributed by atoms with Crippen molar-refractivity contribution in [3.05, 3.63) is 53.2 Å². The largest absolute Gasteiger partial charge is 0.317 e. The summed E-state index contributed by atoms with van der Waals surface area (Å²) in [6, 6.07) is 7.30. The summed E-state index contributed by atoms with van der Waals surface area (Å²) >= 11 is 0. The summed E-state index contributed by atoms with van der Waals surface area (Å²) in [4.78, 5) is 4.59. The zero-order valence-electron chi connectivity index (χ0n) is 17.5. The van der Waals surface area contributed by atoms with Crippen molar-refractivity contribution in [3.8, 4) is 11.3 Å². The molecule has 1 aromatic carbocycles. The maximum absolute atomic E-state index is 15.1. The summed E-state index contributed by atoms with van der Waals surface area (Å²) < 4.78 is 16.9. The van der Waals surface area contributed by atoms with Crippen LogP contribution in [0.4, 0.5) is 4.39 Å². The van der Waals surface area contributed by atoms with E-state index >= 15 is 4.39 Å². The van der Waals surface area contributed by atoms with Crippen LogP contribution in [-0.4, -0.2) is 37.9 Å². The van der Waals surface area contributed by atoms with Crippen molar-refractivity contribution >= 4 is 16.6 Å². The average molecular weight is 404 g/mol. The zero-order chi connectivity index (χ0) is 20.8. The van der Waals surface area contributed by atoms with Gasteiger partial charge in [-0.2, -0.15) is 15.3 Å². The highest BCUT2D eigenvalue weighted by atomic mass is 19.1. The van der Waals surface area contributed by atoms with Crippen molar-refractivity contribution < 1.29 is 4.39 Å². The van der Waals surface area contributed by atoms with E-state index in [-0.39, 0.29) is 11.7 Å². The predicted molar refractivity (Wildman–Crippen MR) is 115 cm³/mol. The molecule has 0 aliphatic carbocycles. The molecular formula is C23H25FN6. The molecule has 1 saturated heterocycles. The number of aromatic nitrogens is 5. The van der Waals surface area contributed by atoms with Gasteiger partial charge in [-0.15, -0.1) is 0 Å². The highest BCUT2D eigenvalue weighted by Gasteiger charge is 2.19. The maximum Gasteiger partial charge on any atom is 0.157 e. The van der Waals surface area contributed by atoms with Gasteiger partial charge in [-0.05, 0) is 63.0 Å². The van der Waals surface area contributed by atoms with Gasteiger partial charge in [0.1, 0.15) is 5.82 Å². The molecule has 0 saturated carbocycles. The van der Waals surface area contributed by atoms with Crippen LogP contribution in [0.15, 0.2) is 30.5 Å². The Morgan fingerprint density at radius 2 is 1.90 bits per heavy atom. The lowest BCUT2D eigenvalue weighted by molar-refractivity contribution is 0.451. The molecule has 0 bridgehead atoms. The fourth-order valence-electron chi connectivity index (χ4n) is 4.26. The van der Waals surface area contributed by atoms with E-state index in [2.05, 4.69) is 39.4 Å². The molecule has 6 nitrogen and oxygen atoms in total. The molecular weight excluding hydrogens is 379 g/mol. The molecule has 1 aliphatic heterocycles. The van der Waals surface area contributed by atoms with Crippen LogP contribution < -0.4 is 5.32 Å². The van der Waals surface area contributed by atoms with E-state index in [9.17, 15) is 0 Å². The molecule has 1 aliphatic rings. The van der Waals surface area contributed by atoms with Crippen LogP contribution in [0.25, 0.3) is 27.8 Å². The van der Waals surface area contributed by atoms with Crippen LogP contribution in [0.5, 0.6) is 0 Å². The number of imidazole rings is 1. The fourth-order valence-corrected chi connectivity index (χ4v) is 4.26. The lowest BCUT2D eigenvalue weighted by Crippen LogP contribution is -2.27. The first-order valence-corrected chi connectivity index (χ1v) is 10.5. The Kier molecular flexibility index (Phi) is 4.70. The molecule has 1 fully saturated rings. The summed E-state index contributed by atoms with van der Waals surface area (Å²) in [6.07, 6.45) is 3.91. The first-order valence-electron chi connectivity index (χ1n) is 10.5. The summed E-state index contributed by atoms with van der Waals surface area (Å²) in [7, 11) is 0. The molecule has 0 unspecified atom stereocenters. The maximum atomic E-state index is 15.1. The van der Waals surface area contributed by atoms with Crippen molar-refractivity contribution in [1.82, 2.24) is 30.1 Å². The zero-order valence-corrected chi connectivity index (χ0v) is 17.5. The number of piperidine rings is 1. The number of rotatable bonds is 3. The number of hydrogen-bond acceptors (Lipinski definition) is 5. The second-order valence-electron chi connectivity index (χ2n) is 8.47. The van der Waals surface area contributed by atoms with Crippen LogP contribution in [0.2, 0.25) is 0 Å². The van der Waals surface area contributed by atoms with Crippen LogP contribution >= 0.6 is 0 Å². The number of nitrogens with one attached hydrogen (secondary N) is 1. The van der Waals surface area contributed by atoms with E-state index in [0.29, 0.717) is 28.1 Å². The Balaban J connectivity index is 1.61. The van der Waals surface area contributed by atoms with E-state index < -0.39 is 0 Å². The molecule has 0 amide bonds. The van der Waals surface area contributed by atoms with Crippen LogP contribution in [0.1, 0.15) is 55.5 Å². The van der Waals surface area contributed by atoms with Gasteiger partial charge in [-0.3, -0.25) is 0 Å². The smallest absolute Gasteiger partial charge is 0.157 e. The summed E-state index contributed by atoms with van der Waals surface area (Å²) in [5.74, 6) is 0.320. The normalized spacial score (nSPS) is 15.5. The summed E-state index contributed by atoms with van der Waals surface area (Å²) in [5, 5.41) is 17.3. The minimum atomic E-state index is -0.289. The number of hydrogen-bond donors (Lipinski definition) is 1. The van der Waals surface area contributed by atoms with Gasteiger partial charge in [0.25, 0.3) is 0 Å². The lowest BCUT2D eigenvalue weighted by Gasteiger charge is -2.21. The quantitative estimate of drug-likeness (QED) is 0.549. The van der Waals surface area contributed by atoms with E-state index in [0.717, 1.165) is 48.5 Å². The molecule has 0 spiro atoms. The van der Waals surface area contributed by atoms with Crippen LogP contribution in [0, 0.1) is 12.7 Å². The number of fused-ring (bicyclic) bond motifs is 2. The van der Waals surface area contributed by atoms with Gasteiger partial charge in [-0.25, -0.2) is 13.9 Å². The number of aryl methyl sites for hydroxylation is 1. The number of halogens is 1. The predicted octanol–water partition coefficient (Wildman–Crippen LogP) is 4.38. The third-order valence-electron chi connectivity index (χ3n) is 5.92. The Morgan fingerprint density at radius 1 is 1.10 bits per heavy atom. The molecule has 0 radical (unpaired) electrons. The number of nitrogens with zero attached hydrogens (tertiary/aromatic N) is 5. The SMILES string of the molecule is Cc1cn2nc(-c3cc(F)c4cc(C5CCNCC5)nnc4c3)cc(C(C)C)c2n1. The van der Waals surface area contributed by atoms with E-state index in [1.165, 1.54) is 0 Å². The molecule has 4 heterocycles.